The Morgan fingerprint density at radius 2 is 2.15 bits per heavy atom. The number of rotatable bonds is 4. The van der Waals surface area contributed by atoms with Crippen molar-refractivity contribution in [2.24, 2.45) is 0 Å². The van der Waals surface area contributed by atoms with Crippen molar-refractivity contribution in [1.82, 2.24) is 0 Å². The van der Waals surface area contributed by atoms with E-state index in [0.717, 1.165) is 35.2 Å². The van der Waals surface area contributed by atoms with E-state index in [2.05, 4.69) is 15.9 Å². The fourth-order valence-corrected chi connectivity index (χ4v) is 3.53. The number of hydrogen-bond acceptors (Lipinski definition) is 5. The number of thiophene rings is 1. The van der Waals surface area contributed by atoms with Crippen LogP contribution in [0.15, 0.2) is 37.8 Å². The van der Waals surface area contributed by atoms with Crippen molar-refractivity contribution in [3.8, 4) is 0 Å². The summed E-state index contributed by atoms with van der Waals surface area (Å²) in [6.07, 6.45) is 0. The largest absolute Gasteiger partial charge is 0.477 e. The van der Waals surface area contributed by atoms with E-state index in [1.54, 1.807) is 5.38 Å². The standard InChI is InChI=1S/C11H5BrFNO4S2/c12-6-2-8(14(17)18)9(3-7(6)13)20-5-1-10(11(15)16)19-4-5/h1-4H,(H,15,16). The number of carbonyl (C=O) groups is 1. The Bertz CT molecular complexity index is 704. The molecule has 1 aromatic carbocycles. The molecule has 9 heteroatoms. The first kappa shape index (κ1) is 14.9. The van der Waals surface area contributed by atoms with Crippen LogP contribution < -0.4 is 0 Å². The van der Waals surface area contributed by atoms with Crippen molar-refractivity contribution >= 4 is 50.7 Å². The Hall–Kier alpha value is -1.45. The lowest BCUT2D eigenvalue weighted by molar-refractivity contribution is -0.387. The third-order valence-corrected chi connectivity index (χ3v) is 4.91. The summed E-state index contributed by atoms with van der Waals surface area (Å²) in [7, 11) is 0. The maximum Gasteiger partial charge on any atom is 0.345 e. The van der Waals surface area contributed by atoms with Gasteiger partial charge in [-0.2, -0.15) is 0 Å². The van der Waals surface area contributed by atoms with Gasteiger partial charge in [0, 0.05) is 16.3 Å². The summed E-state index contributed by atoms with van der Waals surface area (Å²) in [6, 6.07) is 3.52. The van der Waals surface area contributed by atoms with E-state index < -0.39 is 16.7 Å². The van der Waals surface area contributed by atoms with Crippen molar-refractivity contribution in [2.45, 2.75) is 9.79 Å². The van der Waals surface area contributed by atoms with Gasteiger partial charge in [0.1, 0.15) is 10.7 Å². The summed E-state index contributed by atoms with van der Waals surface area (Å²) < 4.78 is 13.5. The zero-order valence-corrected chi connectivity index (χ0v) is 12.7. The van der Waals surface area contributed by atoms with Gasteiger partial charge in [0.15, 0.2) is 0 Å². The second kappa shape index (κ2) is 5.90. The van der Waals surface area contributed by atoms with Crippen LogP contribution in [0.1, 0.15) is 9.67 Å². The van der Waals surface area contributed by atoms with E-state index in [1.807, 2.05) is 0 Å². The third-order valence-electron chi connectivity index (χ3n) is 2.21. The number of nitro benzene ring substituents is 1. The number of aromatic carboxylic acids is 1. The summed E-state index contributed by atoms with van der Waals surface area (Å²) in [5.74, 6) is -1.69. The predicted molar refractivity (Wildman–Crippen MR) is 76.2 cm³/mol. The van der Waals surface area contributed by atoms with Crippen LogP contribution in [0.2, 0.25) is 0 Å². The van der Waals surface area contributed by atoms with Gasteiger partial charge in [0.25, 0.3) is 5.69 Å². The molecule has 2 rings (SSSR count). The third kappa shape index (κ3) is 3.17. The van der Waals surface area contributed by atoms with Gasteiger partial charge in [-0.05, 0) is 28.1 Å². The average Bonchev–Trinajstić information content (AvgIpc) is 2.82. The molecule has 0 aliphatic heterocycles. The van der Waals surface area contributed by atoms with Crippen molar-refractivity contribution in [3.63, 3.8) is 0 Å². The molecule has 2 aromatic rings. The molecular formula is C11H5BrFNO4S2. The number of nitrogens with zero attached hydrogens (tertiary/aromatic N) is 1. The smallest absolute Gasteiger partial charge is 0.345 e. The fourth-order valence-electron chi connectivity index (χ4n) is 1.35. The lowest BCUT2D eigenvalue weighted by Gasteiger charge is -2.03. The maximum absolute atomic E-state index is 13.5. The van der Waals surface area contributed by atoms with Gasteiger partial charge >= 0.3 is 5.97 Å². The predicted octanol–water partition coefficient (Wildman–Crippen LogP) is 4.41. The van der Waals surface area contributed by atoms with E-state index >= 15 is 0 Å². The molecule has 5 nitrogen and oxygen atoms in total. The maximum atomic E-state index is 13.5. The molecule has 0 bridgehead atoms. The Morgan fingerprint density at radius 3 is 2.70 bits per heavy atom. The number of hydrogen-bond donors (Lipinski definition) is 1. The van der Waals surface area contributed by atoms with Gasteiger partial charge < -0.3 is 5.11 Å². The van der Waals surface area contributed by atoms with Crippen molar-refractivity contribution < 1.29 is 19.2 Å². The molecule has 0 atom stereocenters. The minimum atomic E-state index is -1.07. The quantitative estimate of drug-likeness (QED) is 0.630. The van der Waals surface area contributed by atoms with Crippen LogP contribution in [-0.2, 0) is 0 Å². The Balaban J connectivity index is 2.39. The highest BCUT2D eigenvalue weighted by Gasteiger charge is 2.19. The van der Waals surface area contributed by atoms with Gasteiger partial charge in [0.2, 0.25) is 0 Å². The molecule has 20 heavy (non-hydrogen) atoms. The lowest BCUT2D eigenvalue weighted by atomic mass is 10.3. The number of carboxylic acids is 1. The Labute approximate surface area is 128 Å². The molecule has 0 amide bonds. The normalized spacial score (nSPS) is 10.5. The summed E-state index contributed by atoms with van der Waals surface area (Å²) in [4.78, 5) is 21.8. The first-order valence-corrected chi connectivity index (χ1v) is 7.50. The highest BCUT2D eigenvalue weighted by atomic mass is 79.9. The summed E-state index contributed by atoms with van der Waals surface area (Å²) in [5, 5.41) is 21.3. The van der Waals surface area contributed by atoms with Crippen LogP contribution in [0.3, 0.4) is 0 Å². The van der Waals surface area contributed by atoms with Crippen LogP contribution in [0.25, 0.3) is 0 Å². The van der Waals surface area contributed by atoms with Gasteiger partial charge in [0.05, 0.1) is 14.3 Å². The molecule has 0 fully saturated rings. The van der Waals surface area contributed by atoms with Crippen LogP contribution in [-0.4, -0.2) is 16.0 Å². The van der Waals surface area contributed by atoms with E-state index in [1.165, 1.54) is 6.07 Å². The molecule has 1 aromatic heterocycles. The molecule has 0 aliphatic carbocycles. The number of nitro groups is 1. The van der Waals surface area contributed by atoms with Crippen LogP contribution in [0.5, 0.6) is 0 Å². The first-order valence-electron chi connectivity index (χ1n) is 5.01. The Morgan fingerprint density at radius 1 is 1.45 bits per heavy atom. The number of carboxylic acid groups (broad SMARTS) is 1. The fraction of sp³-hybridized carbons (Fsp3) is 0. The van der Waals surface area contributed by atoms with Gasteiger partial charge in [-0.15, -0.1) is 11.3 Å². The number of halogens is 2. The van der Waals surface area contributed by atoms with Gasteiger partial charge in [-0.3, -0.25) is 10.1 Å². The molecule has 0 saturated carbocycles. The second-order valence-corrected chi connectivity index (χ2v) is 6.43. The molecule has 1 heterocycles. The van der Waals surface area contributed by atoms with E-state index in [4.69, 9.17) is 5.11 Å². The number of benzene rings is 1. The zero-order chi connectivity index (χ0) is 14.9. The SMILES string of the molecule is O=C(O)c1cc(Sc2cc(F)c(Br)cc2[N+](=O)[O-])cs1. The monoisotopic (exact) mass is 377 g/mol. The van der Waals surface area contributed by atoms with Gasteiger partial charge in [-0.1, -0.05) is 11.8 Å². The molecule has 0 spiro atoms. The van der Waals surface area contributed by atoms with E-state index in [9.17, 15) is 19.3 Å². The second-order valence-electron chi connectivity index (χ2n) is 3.55. The molecule has 0 saturated heterocycles. The molecule has 0 radical (unpaired) electrons. The minimum Gasteiger partial charge on any atom is -0.477 e. The van der Waals surface area contributed by atoms with Gasteiger partial charge in [-0.25, -0.2) is 9.18 Å². The molecule has 104 valence electrons. The molecule has 0 aliphatic rings. The minimum absolute atomic E-state index is 0.00472. The van der Waals surface area contributed by atoms with E-state index in [-0.39, 0.29) is 19.9 Å². The van der Waals surface area contributed by atoms with E-state index in [0.29, 0.717) is 4.90 Å². The molecule has 1 N–H and O–H groups in total. The summed E-state index contributed by atoms with van der Waals surface area (Å²) in [6.45, 7) is 0. The summed E-state index contributed by atoms with van der Waals surface area (Å²) in [5.41, 5.74) is -0.244. The first-order chi connectivity index (χ1) is 9.38. The zero-order valence-electron chi connectivity index (χ0n) is 9.50. The van der Waals surface area contributed by atoms with Crippen LogP contribution in [0, 0.1) is 15.9 Å². The van der Waals surface area contributed by atoms with Crippen molar-refractivity contribution in [2.75, 3.05) is 0 Å². The topological polar surface area (TPSA) is 80.4 Å². The molecule has 0 unspecified atom stereocenters. The van der Waals surface area contributed by atoms with Crippen LogP contribution in [0.4, 0.5) is 10.1 Å². The molecular weight excluding hydrogens is 373 g/mol. The lowest BCUT2D eigenvalue weighted by Crippen LogP contribution is -1.93. The summed E-state index contributed by atoms with van der Waals surface area (Å²) >= 11 is 4.85. The highest BCUT2D eigenvalue weighted by molar-refractivity contribution is 9.10. The van der Waals surface area contributed by atoms with Crippen molar-refractivity contribution in [1.29, 1.82) is 0 Å². The Kier molecular flexibility index (Phi) is 4.41. The average molecular weight is 378 g/mol. The van der Waals surface area contributed by atoms with Crippen molar-refractivity contribution in [3.05, 3.63) is 48.9 Å². The van der Waals surface area contributed by atoms with Crippen LogP contribution >= 0.6 is 39.0 Å². The highest BCUT2D eigenvalue weighted by Crippen LogP contribution is 2.39.